The third kappa shape index (κ3) is 3.45. The fraction of sp³-hybridized carbons (Fsp3) is 0.462. The lowest BCUT2D eigenvalue weighted by Gasteiger charge is -2.10. The number of amidine groups is 1. The summed E-state index contributed by atoms with van der Waals surface area (Å²) in [6.07, 6.45) is 2.43. The Labute approximate surface area is 106 Å². The van der Waals surface area contributed by atoms with E-state index in [2.05, 4.69) is 5.16 Å². The van der Waals surface area contributed by atoms with E-state index in [1.54, 1.807) is 6.07 Å². The molecule has 1 aliphatic rings. The highest BCUT2D eigenvalue weighted by Gasteiger charge is 2.15. The molecule has 1 aromatic carbocycles. The summed E-state index contributed by atoms with van der Waals surface area (Å²) in [5.74, 6) is 0.107. The third-order valence-electron chi connectivity index (χ3n) is 2.93. The van der Waals surface area contributed by atoms with Crippen LogP contribution in [-0.4, -0.2) is 30.4 Å². The molecule has 0 bridgehead atoms. The molecule has 0 aliphatic carbocycles. The van der Waals surface area contributed by atoms with E-state index < -0.39 is 0 Å². The summed E-state index contributed by atoms with van der Waals surface area (Å²) >= 11 is 0. The van der Waals surface area contributed by atoms with Gasteiger partial charge in [0.15, 0.2) is 5.84 Å². The molecule has 1 aliphatic heterocycles. The molecule has 0 spiro atoms. The van der Waals surface area contributed by atoms with Gasteiger partial charge in [0.2, 0.25) is 0 Å². The van der Waals surface area contributed by atoms with Gasteiger partial charge < -0.3 is 20.4 Å². The number of oxime groups is 1. The summed E-state index contributed by atoms with van der Waals surface area (Å²) < 4.78 is 11.1. The summed E-state index contributed by atoms with van der Waals surface area (Å²) in [7, 11) is 0. The van der Waals surface area contributed by atoms with Crippen LogP contribution in [0, 0.1) is 0 Å². The SMILES string of the molecule is N/C(=N\O)c1cccc(COCC2CCCO2)c1. The van der Waals surface area contributed by atoms with Crippen LogP contribution in [-0.2, 0) is 16.1 Å². The van der Waals surface area contributed by atoms with E-state index in [9.17, 15) is 0 Å². The molecular weight excluding hydrogens is 232 g/mol. The van der Waals surface area contributed by atoms with Crippen molar-refractivity contribution in [1.29, 1.82) is 0 Å². The molecule has 18 heavy (non-hydrogen) atoms. The topological polar surface area (TPSA) is 77.1 Å². The van der Waals surface area contributed by atoms with Gasteiger partial charge in [-0.1, -0.05) is 23.4 Å². The lowest BCUT2D eigenvalue weighted by molar-refractivity contribution is 0.0106. The standard InChI is InChI=1S/C13H18N2O3/c14-13(15-16)11-4-1-3-10(7-11)8-17-9-12-5-2-6-18-12/h1,3-4,7,12,16H,2,5-6,8-9H2,(H2,14,15). The van der Waals surface area contributed by atoms with Crippen LogP contribution in [0.5, 0.6) is 0 Å². The van der Waals surface area contributed by atoms with Crippen LogP contribution in [0.25, 0.3) is 0 Å². The molecule has 5 heteroatoms. The quantitative estimate of drug-likeness (QED) is 0.359. The van der Waals surface area contributed by atoms with Gasteiger partial charge >= 0.3 is 0 Å². The smallest absolute Gasteiger partial charge is 0.170 e. The van der Waals surface area contributed by atoms with E-state index >= 15 is 0 Å². The first-order chi connectivity index (χ1) is 8.79. The van der Waals surface area contributed by atoms with Crippen molar-refractivity contribution in [2.24, 2.45) is 10.9 Å². The molecule has 0 saturated carbocycles. The number of hydrogen-bond acceptors (Lipinski definition) is 4. The van der Waals surface area contributed by atoms with E-state index in [-0.39, 0.29) is 11.9 Å². The van der Waals surface area contributed by atoms with Crippen molar-refractivity contribution in [3.8, 4) is 0 Å². The van der Waals surface area contributed by atoms with Crippen molar-refractivity contribution >= 4 is 5.84 Å². The van der Waals surface area contributed by atoms with Crippen molar-refractivity contribution in [2.45, 2.75) is 25.6 Å². The van der Waals surface area contributed by atoms with Gasteiger partial charge in [0, 0.05) is 12.2 Å². The van der Waals surface area contributed by atoms with Crippen molar-refractivity contribution in [2.75, 3.05) is 13.2 Å². The van der Waals surface area contributed by atoms with E-state index in [1.165, 1.54) is 0 Å². The predicted octanol–water partition coefficient (Wildman–Crippen LogP) is 1.48. The maximum absolute atomic E-state index is 8.61. The van der Waals surface area contributed by atoms with Crippen LogP contribution in [0.4, 0.5) is 0 Å². The molecule has 3 N–H and O–H groups in total. The highest BCUT2D eigenvalue weighted by molar-refractivity contribution is 5.97. The van der Waals surface area contributed by atoms with Gasteiger partial charge in [-0.25, -0.2) is 0 Å². The number of hydrogen-bond donors (Lipinski definition) is 2. The Morgan fingerprint density at radius 1 is 1.56 bits per heavy atom. The summed E-state index contributed by atoms with van der Waals surface area (Å²) in [6, 6.07) is 7.45. The number of rotatable bonds is 5. The zero-order valence-electron chi connectivity index (χ0n) is 10.2. The lowest BCUT2D eigenvalue weighted by atomic mass is 10.1. The zero-order chi connectivity index (χ0) is 12.8. The fourth-order valence-electron chi connectivity index (χ4n) is 1.96. The Bertz CT molecular complexity index is 414. The maximum atomic E-state index is 8.61. The molecule has 1 saturated heterocycles. The zero-order valence-corrected chi connectivity index (χ0v) is 10.2. The molecule has 1 unspecified atom stereocenters. The Hall–Kier alpha value is -1.59. The van der Waals surface area contributed by atoms with Crippen LogP contribution in [0.1, 0.15) is 24.0 Å². The van der Waals surface area contributed by atoms with Gasteiger partial charge in [-0.05, 0) is 24.5 Å². The number of benzene rings is 1. The van der Waals surface area contributed by atoms with Crippen molar-refractivity contribution < 1.29 is 14.7 Å². The average Bonchev–Trinajstić information content (AvgIpc) is 2.91. The second-order valence-electron chi connectivity index (χ2n) is 4.34. The van der Waals surface area contributed by atoms with Gasteiger partial charge in [0.25, 0.3) is 0 Å². The molecule has 1 aromatic rings. The highest BCUT2D eigenvalue weighted by atomic mass is 16.5. The maximum Gasteiger partial charge on any atom is 0.170 e. The summed E-state index contributed by atoms with van der Waals surface area (Å²) in [5, 5.41) is 11.6. The fourth-order valence-corrected chi connectivity index (χ4v) is 1.96. The number of ether oxygens (including phenoxy) is 2. The van der Waals surface area contributed by atoms with E-state index in [1.807, 2.05) is 18.2 Å². The van der Waals surface area contributed by atoms with Gasteiger partial charge in [0.05, 0.1) is 19.3 Å². The molecule has 0 aromatic heterocycles. The molecule has 98 valence electrons. The Kier molecular flexibility index (Phi) is 4.55. The Balaban J connectivity index is 1.85. The Morgan fingerprint density at radius 3 is 3.17 bits per heavy atom. The minimum Gasteiger partial charge on any atom is -0.409 e. The van der Waals surface area contributed by atoms with Crippen LogP contribution < -0.4 is 5.73 Å². The van der Waals surface area contributed by atoms with Crippen molar-refractivity contribution in [1.82, 2.24) is 0 Å². The van der Waals surface area contributed by atoms with Gasteiger partial charge in [-0.15, -0.1) is 0 Å². The van der Waals surface area contributed by atoms with E-state index in [4.69, 9.17) is 20.4 Å². The molecule has 0 radical (unpaired) electrons. The average molecular weight is 250 g/mol. The number of nitrogens with zero attached hydrogens (tertiary/aromatic N) is 1. The predicted molar refractivity (Wildman–Crippen MR) is 67.6 cm³/mol. The first-order valence-corrected chi connectivity index (χ1v) is 6.06. The first kappa shape index (κ1) is 12.9. The van der Waals surface area contributed by atoms with Crippen LogP contribution >= 0.6 is 0 Å². The Morgan fingerprint density at radius 2 is 2.44 bits per heavy atom. The number of nitrogens with two attached hydrogens (primary N) is 1. The summed E-state index contributed by atoms with van der Waals surface area (Å²) in [4.78, 5) is 0. The second-order valence-corrected chi connectivity index (χ2v) is 4.34. The van der Waals surface area contributed by atoms with E-state index in [0.717, 1.165) is 25.0 Å². The van der Waals surface area contributed by atoms with Crippen molar-refractivity contribution in [3.63, 3.8) is 0 Å². The largest absolute Gasteiger partial charge is 0.409 e. The molecule has 1 atom stereocenters. The lowest BCUT2D eigenvalue weighted by Crippen LogP contribution is -2.15. The molecule has 0 amide bonds. The minimum absolute atomic E-state index is 0.107. The monoisotopic (exact) mass is 250 g/mol. The first-order valence-electron chi connectivity index (χ1n) is 6.06. The molecular formula is C13H18N2O3. The van der Waals surface area contributed by atoms with Gasteiger partial charge in [0.1, 0.15) is 0 Å². The molecule has 1 fully saturated rings. The minimum atomic E-state index is 0.107. The van der Waals surface area contributed by atoms with Crippen LogP contribution in [0.2, 0.25) is 0 Å². The summed E-state index contributed by atoms with van der Waals surface area (Å²) in [6.45, 7) is 1.97. The normalized spacial score (nSPS) is 20.2. The molecule has 5 nitrogen and oxygen atoms in total. The molecule has 1 heterocycles. The third-order valence-corrected chi connectivity index (χ3v) is 2.93. The van der Waals surface area contributed by atoms with Gasteiger partial charge in [-0.2, -0.15) is 0 Å². The van der Waals surface area contributed by atoms with Crippen LogP contribution in [0.15, 0.2) is 29.4 Å². The van der Waals surface area contributed by atoms with Gasteiger partial charge in [-0.3, -0.25) is 0 Å². The summed E-state index contributed by atoms with van der Waals surface area (Å²) in [5.41, 5.74) is 7.22. The second kappa shape index (κ2) is 6.37. The highest BCUT2D eigenvalue weighted by Crippen LogP contribution is 2.13. The molecule has 2 rings (SSSR count). The van der Waals surface area contributed by atoms with E-state index in [0.29, 0.717) is 18.8 Å². The van der Waals surface area contributed by atoms with Crippen LogP contribution in [0.3, 0.4) is 0 Å². The van der Waals surface area contributed by atoms with Crippen molar-refractivity contribution in [3.05, 3.63) is 35.4 Å².